The summed E-state index contributed by atoms with van der Waals surface area (Å²) in [5.74, 6) is 0.793. The van der Waals surface area contributed by atoms with E-state index < -0.39 is 0 Å². The van der Waals surface area contributed by atoms with Gasteiger partial charge in [0, 0.05) is 0 Å². The van der Waals surface area contributed by atoms with Gasteiger partial charge in [0.1, 0.15) is 5.76 Å². The normalized spacial score (nSPS) is 9.25. The quantitative estimate of drug-likeness (QED) is 0.461. The highest BCUT2D eigenvalue weighted by molar-refractivity contribution is 5.18. The van der Waals surface area contributed by atoms with Crippen molar-refractivity contribution in [3.05, 3.63) is 36.1 Å². The molecule has 0 aromatic rings. The molecule has 0 radical (unpaired) electrons. The van der Waals surface area contributed by atoms with Crippen LogP contribution in [0.5, 0.6) is 0 Å². The van der Waals surface area contributed by atoms with Crippen molar-refractivity contribution in [2.24, 2.45) is 0 Å². The molecule has 0 aliphatic rings. The lowest BCUT2D eigenvalue weighted by Crippen LogP contribution is -1.78. The van der Waals surface area contributed by atoms with Gasteiger partial charge in [-0.15, -0.1) is 0 Å². The molecule has 0 atom stereocenters. The third-order valence-corrected chi connectivity index (χ3v) is 1.02. The summed E-state index contributed by atoms with van der Waals surface area (Å²) in [6.45, 7) is 11.7. The summed E-state index contributed by atoms with van der Waals surface area (Å²) < 4.78 is 4.95. The van der Waals surface area contributed by atoms with Gasteiger partial charge < -0.3 is 4.74 Å². The Morgan fingerprint density at radius 2 is 1.67 bits per heavy atom. The van der Waals surface area contributed by atoms with Crippen LogP contribution in [0.15, 0.2) is 36.1 Å². The first-order valence-corrected chi connectivity index (χ1v) is 4.22. The molecular formula is C11H20O. The minimum Gasteiger partial charge on any atom is -0.497 e. The second kappa shape index (κ2) is 10.0. The topological polar surface area (TPSA) is 9.23 Å². The fourth-order valence-corrected chi connectivity index (χ4v) is 0.468. The maximum atomic E-state index is 4.95. The maximum absolute atomic E-state index is 4.95. The first-order valence-electron chi connectivity index (χ1n) is 4.22. The van der Waals surface area contributed by atoms with E-state index in [0.29, 0.717) is 0 Å². The molecular weight excluding hydrogens is 148 g/mol. The summed E-state index contributed by atoms with van der Waals surface area (Å²) in [6.07, 6.45) is 5.56. The number of allylic oxidation sites excluding steroid dienone is 4. The van der Waals surface area contributed by atoms with E-state index >= 15 is 0 Å². The van der Waals surface area contributed by atoms with E-state index in [9.17, 15) is 0 Å². The molecule has 0 rings (SSSR count). The Kier molecular flexibility index (Phi) is 11.4. The summed E-state index contributed by atoms with van der Waals surface area (Å²) >= 11 is 0. The van der Waals surface area contributed by atoms with Gasteiger partial charge in [0.25, 0.3) is 0 Å². The summed E-state index contributed by atoms with van der Waals surface area (Å²) in [5.41, 5.74) is 1.25. The minimum atomic E-state index is 0.793. The lowest BCUT2D eigenvalue weighted by atomic mass is 10.3. The Morgan fingerprint density at radius 1 is 1.17 bits per heavy atom. The van der Waals surface area contributed by atoms with E-state index in [0.717, 1.165) is 5.76 Å². The highest BCUT2D eigenvalue weighted by Gasteiger charge is 1.82. The zero-order valence-corrected chi connectivity index (χ0v) is 8.85. The van der Waals surface area contributed by atoms with Gasteiger partial charge >= 0.3 is 0 Å². The summed E-state index contributed by atoms with van der Waals surface area (Å²) in [6, 6.07) is 0. The van der Waals surface area contributed by atoms with E-state index in [1.54, 1.807) is 13.2 Å². The molecule has 0 unspecified atom stereocenters. The van der Waals surface area contributed by atoms with Crippen LogP contribution in [0.4, 0.5) is 0 Å². The zero-order valence-electron chi connectivity index (χ0n) is 8.85. The maximum Gasteiger partial charge on any atom is 0.118 e. The van der Waals surface area contributed by atoms with Gasteiger partial charge in [-0.1, -0.05) is 32.1 Å². The Morgan fingerprint density at radius 3 is 1.92 bits per heavy atom. The molecule has 1 heteroatoms. The van der Waals surface area contributed by atoms with Gasteiger partial charge in [-0.3, -0.25) is 0 Å². The fraction of sp³-hybridized carbons (Fsp3) is 0.455. The van der Waals surface area contributed by atoms with Gasteiger partial charge in [-0.25, -0.2) is 0 Å². The summed E-state index contributed by atoms with van der Waals surface area (Å²) in [4.78, 5) is 0. The van der Waals surface area contributed by atoms with E-state index in [4.69, 9.17) is 4.74 Å². The van der Waals surface area contributed by atoms with Crippen LogP contribution in [0.1, 0.15) is 27.7 Å². The van der Waals surface area contributed by atoms with E-state index in [1.807, 2.05) is 39.8 Å². The van der Waals surface area contributed by atoms with Crippen molar-refractivity contribution in [2.45, 2.75) is 27.7 Å². The molecule has 0 amide bonds. The van der Waals surface area contributed by atoms with Crippen molar-refractivity contribution < 1.29 is 4.74 Å². The van der Waals surface area contributed by atoms with Gasteiger partial charge in [-0.05, 0) is 26.0 Å². The highest BCUT2D eigenvalue weighted by atomic mass is 16.5. The lowest BCUT2D eigenvalue weighted by molar-refractivity contribution is 0.307. The molecule has 0 N–H and O–H groups in total. The number of methoxy groups -OCH3 is 1. The van der Waals surface area contributed by atoms with Gasteiger partial charge in [0.2, 0.25) is 0 Å². The number of rotatable bonds is 3. The van der Waals surface area contributed by atoms with Crippen LogP contribution in [0.3, 0.4) is 0 Å². The van der Waals surface area contributed by atoms with Crippen molar-refractivity contribution in [3.63, 3.8) is 0 Å². The molecule has 12 heavy (non-hydrogen) atoms. The molecule has 0 saturated heterocycles. The Hall–Kier alpha value is -0.980. The van der Waals surface area contributed by atoms with E-state index in [-0.39, 0.29) is 0 Å². The predicted octanol–water partition coefficient (Wildman–Crippen LogP) is 3.70. The lowest BCUT2D eigenvalue weighted by Gasteiger charge is -1.95. The first-order chi connectivity index (χ1) is 5.70. The SMILES string of the molecule is C=C/C(=C\C=C(C)C)OC.CC. The summed E-state index contributed by atoms with van der Waals surface area (Å²) in [7, 11) is 1.63. The first kappa shape index (κ1) is 13.6. The van der Waals surface area contributed by atoms with Crippen molar-refractivity contribution in [1.29, 1.82) is 0 Å². The van der Waals surface area contributed by atoms with E-state index in [1.165, 1.54) is 5.57 Å². The zero-order chi connectivity index (χ0) is 9.98. The second-order valence-electron chi connectivity index (χ2n) is 2.22. The van der Waals surface area contributed by atoms with Crippen LogP contribution in [0, 0.1) is 0 Å². The molecule has 0 aliphatic carbocycles. The number of hydrogen-bond acceptors (Lipinski definition) is 1. The molecule has 0 aliphatic heterocycles. The largest absolute Gasteiger partial charge is 0.497 e. The van der Waals surface area contributed by atoms with Crippen LogP contribution in [-0.2, 0) is 4.74 Å². The molecule has 0 spiro atoms. The monoisotopic (exact) mass is 168 g/mol. The van der Waals surface area contributed by atoms with Crippen molar-refractivity contribution >= 4 is 0 Å². The minimum absolute atomic E-state index is 0.793. The average molecular weight is 168 g/mol. The van der Waals surface area contributed by atoms with Crippen molar-refractivity contribution in [3.8, 4) is 0 Å². The number of hydrogen-bond donors (Lipinski definition) is 0. The standard InChI is InChI=1S/C9H14O.C2H6/c1-5-9(10-4)7-6-8(2)3;1-2/h5-7H,1H2,2-4H3;1-2H3/b9-7+;. The Bertz CT molecular complexity index is 160. The molecule has 0 saturated carbocycles. The molecule has 1 nitrogen and oxygen atoms in total. The second-order valence-corrected chi connectivity index (χ2v) is 2.22. The molecule has 0 fully saturated rings. The third-order valence-electron chi connectivity index (χ3n) is 1.02. The fourth-order valence-electron chi connectivity index (χ4n) is 0.468. The van der Waals surface area contributed by atoms with Crippen molar-refractivity contribution in [2.75, 3.05) is 7.11 Å². The molecule has 70 valence electrons. The third kappa shape index (κ3) is 9.02. The van der Waals surface area contributed by atoms with Crippen LogP contribution in [-0.4, -0.2) is 7.11 Å². The van der Waals surface area contributed by atoms with Crippen LogP contribution >= 0.6 is 0 Å². The molecule has 0 aromatic carbocycles. The van der Waals surface area contributed by atoms with Crippen LogP contribution < -0.4 is 0 Å². The Labute approximate surface area is 76.4 Å². The Balaban J connectivity index is 0. The van der Waals surface area contributed by atoms with Crippen LogP contribution in [0.25, 0.3) is 0 Å². The van der Waals surface area contributed by atoms with E-state index in [2.05, 4.69) is 6.58 Å². The smallest absolute Gasteiger partial charge is 0.118 e. The van der Waals surface area contributed by atoms with Crippen LogP contribution in [0.2, 0.25) is 0 Å². The average Bonchev–Trinajstić information content (AvgIpc) is 2.09. The van der Waals surface area contributed by atoms with Gasteiger partial charge in [0.15, 0.2) is 0 Å². The van der Waals surface area contributed by atoms with Crippen molar-refractivity contribution in [1.82, 2.24) is 0 Å². The molecule has 0 aromatic heterocycles. The summed E-state index contributed by atoms with van der Waals surface area (Å²) in [5, 5.41) is 0. The predicted molar refractivity (Wildman–Crippen MR) is 56.1 cm³/mol. The molecule has 0 heterocycles. The van der Waals surface area contributed by atoms with Gasteiger partial charge in [-0.2, -0.15) is 0 Å². The van der Waals surface area contributed by atoms with Gasteiger partial charge in [0.05, 0.1) is 7.11 Å². The molecule has 0 bridgehead atoms. The number of ether oxygens (including phenoxy) is 1. The highest BCUT2D eigenvalue weighted by Crippen LogP contribution is 1.98.